The van der Waals surface area contributed by atoms with Gasteiger partial charge in [-0.3, -0.25) is 4.90 Å². The summed E-state index contributed by atoms with van der Waals surface area (Å²) < 4.78 is 11.0. The molecule has 31 heavy (non-hydrogen) atoms. The largest absolute Gasteiger partial charge is 0.379 e. The number of nitrogens with zero attached hydrogens (tertiary/aromatic N) is 3. The van der Waals surface area contributed by atoms with E-state index in [1.807, 2.05) is 18.2 Å². The number of rotatable bonds is 9. The Morgan fingerprint density at radius 3 is 2.68 bits per heavy atom. The summed E-state index contributed by atoms with van der Waals surface area (Å²) in [5.74, 6) is 1.70. The van der Waals surface area contributed by atoms with Crippen LogP contribution >= 0.6 is 11.6 Å². The number of aliphatic imine (C=N–C) groups is 1. The van der Waals surface area contributed by atoms with Gasteiger partial charge in [0.05, 0.1) is 31.5 Å². The zero-order chi connectivity index (χ0) is 22.1. The molecule has 1 unspecified atom stereocenters. The summed E-state index contributed by atoms with van der Waals surface area (Å²) in [6, 6.07) is 8.28. The highest BCUT2D eigenvalue weighted by Gasteiger charge is 2.23. The lowest BCUT2D eigenvalue weighted by Crippen LogP contribution is -2.46. The van der Waals surface area contributed by atoms with Gasteiger partial charge in [-0.15, -0.1) is 0 Å². The first kappa shape index (κ1) is 23.6. The Labute approximate surface area is 190 Å². The molecule has 1 aromatic carbocycles. The molecule has 2 aromatic rings. The van der Waals surface area contributed by atoms with Crippen LogP contribution in [0.5, 0.6) is 0 Å². The normalized spacial score (nSPS) is 16.3. The Hall–Kier alpha value is -2.09. The van der Waals surface area contributed by atoms with Crippen molar-refractivity contribution in [3.05, 3.63) is 51.9 Å². The highest BCUT2D eigenvalue weighted by molar-refractivity contribution is 6.30. The molecular formula is C23H34ClN5O2. The zero-order valence-electron chi connectivity index (χ0n) is 18.8. The van der Waals surface area contributed by atoms with Crippen LogP contribution in [0.3, 0.4) is 0 Å². The predicted molar refractivity (Wildman–Crippen MR) is 125 cm³/mol. The molecule has 1 saturated heterocycles. The maximum absolute atomic E-state index is 6.29. The number of benzene rings is 1. The molecule has 8 heteroatoms. The number of aromatic nitrogens is 1. The second kappa shape index (κ2) is 12.1. The van der Waals surface area contributed by atoms with Crippen molar-refractivity contribution < 1.29 is 9.26 Å². The van der Waals surface area contributed by atoms with E-state index in [-0.39, 0.29) is 6.04 Å². The molecule has 3 rings (SSSR count). The number of morpholine rings is 1. The third-order valence-electron chi connectivity index (χ3n) is 5.53. The van der Waals surface area contributed by atoms with E-state index in [0.717, 1.165) is 80.2 Å². The van der Waals surface area contributed by atoms with Crippen LogP contribution in [0.4, 0.5) is 0 Å². The number of ether oxygens (including phenoxy) is 1. The van der Waals surface area contributed by atoms with Gasteiger partial charge in [0.2, 0.25) is 0 Å². The second-order valence-corrected chi connectivity index (χ2v) is 7.97. The SMILES string of the molecule is CCNC(=NCc1c(CC)noc1CC)NCC(c1cccc(Cl)c1)N1CCOCC1. The van der Waals surface area contributed by atoms with Gasteiger partial charge in [-0.2, -0.15) is 0 Å². The number of hydrogen-bond donors (Lipinski definition) is 2. The van der Waals surface area contributed by atoms with Crippen molar-refractivity contribution in [3.8, 4) is 0 Å². The monoisotopic (exact) mass is 447 g/mol. The van der Waals surface area contributed by atoms with Crippen LogP contribution in [-0.4, -0.2) is 55.4 Å². The van der Waals surface area contributed by atoms with Crippen LogP contribution in [0.1, 0.15) is 49.4 Å². The van der Waals surface area contributed by atoms with Gasteiger partial charge in [-0.25, -0.2) is 4.99 Å². The first-order valence-corrected chi connectivity index (χ1v) is 11.6. The summed E-state index contributed by atoms with van der Waals surface area (Å²) in [5, 5.41) is 11.8. The molecule has 0 radical (unpaired) electrons. The van der Waals surface area contributed by atoms with Crippen LogP contribution in [0.25, 0.3) is 0 Å². The summed E-state index contributed by atoms with van der Waals surface area (Å²) in [5.41, 5.74) is 3.28. The molecule has 1 fully saturated rings. The van der Waals surface area contributed by atoms with Crippen LogP contribution in [0, 0.1) is 0 Å². The lowest BCUT2D eigenvalue weighted by Gasteiger charge is -2.35. The first-order chi connectivity index (χ1) is 15.2. The van der Waals surface area contributed by atoms with E-state index in [2.05, 4.69) is 47.5 Å². The molecule has 2 heterocycles. The van der Waals surface area contributed by atoms with Crippen LogP contribution < -0.4 is 10.6 Å². The van der Waals surface area contributed by atoms with Crippen LogP contribution in [0.15, 0.2) is 33.8 Å². The molecule has 2 N–H and O–H groups in total. The Kier molecular flexibility index (Phi) is 9.18. The number of hydrogen-bond acceptors (Lipinski definition) is 5. The molecular weight excluding hydrogens is 414 g/mol. The van der Waals surface area contributed by atoms with Crippen molar-refractivity contribution in [1.29, 1.82) is 0 Å². The number of nitrogens with one attached hydrogen (secondary N) is 2. The fourth-order valence-corrected chi connectivity index (χ4v) is 4.07. The summed E-state index contributed by atoms with van der Waals surface area (Å²) in [6.07, 6.45) is 1.65. The summed E-state index contributed by atoms with van der Waals surface area (Å²) >= 11 is 6.29. The maximum Gasteiger partial charge on any atom is 0.191 e. The number of aryl methyl sites for hydroxylation is 2. The third kappa shape index (κ3) is 6.45. The van der Waals surface area contributed by atoms with Crippen molar-refractivity contribution in [2.75, 3.05) is 39.4 Å². The van der Waals surface area contributed by atoms with Gasteiger partial charge in [0.25, 0.3) is 0 Å². The molecule has 0 saturated carbocycles. The van der Waals surface area contributed by atoms with Crippen molar-refractivity contribution in [2.45, 2.75) is 46.2 Å². The van der Waals surface area contributed by atoms with Crippen molar-refractivity contribution >= 4 is 17.6 Å². The van der Waals surface area contributed by atoms with Gasteiger partial charge in [0.1, 0.15) is 5.76 Å². The van der Waals surface area contributed by atoms with E-state index in [9.17, 15) is 0 Å². The van der Waals surface area contributed by atoms with E-state index >= 15 is 0 Å². The molecule has 1 atom stereocenters. The molecule has 0 amide bonds. The lowest BCUT2D eigenvalue weighted by molar-refractivity contribution is 0.0170. The fraction of sp³-hybridized carbons (Fsp3) is 0.565. The average molecular weight is 448 g/mol. The van der Waals surface area contributed by atoms with Crippen molar-refractivity contribution in [3.63, 3.8) is 0 Å². The summed E-state index contributed by atoms with van der Waals surface area (Å²) in [4.78, 5) is 7.27. The van der Waals surface area contributed by atoms with Gasteiger partial charge in [0.15, 0.2) is 5.96 Å². The molecule has 1 aromatic heterocycles. The van der Waals surface area contributed by atoms with Gasteiger partial charge in [-0.05, 0) is 31.0 Å². The van der Waals surface area contributed by atoms with E-state index in [1.165, 1.54) is 5.56 Å². The number of guanidine groups is 1. The van der Waals surface area contributed by atoms with Gasteiger partial charge >= 0.3 is 0 Å². The van der Waals surface area contributed by atoms with Gasteiger partial charge in [-0.1, -0.05) is 42.7 Å². The fourth-order valence-electron chi connectivity index (χ4n) is 3.87. The highest BCUT2D eigenvalue weighted by Crippen LogP contribution is 2.24. The molecule has 170 valence electrons. The quantitative estimate of drug-likeness (QED) is 0.452. The second-order valence-electron chi connectivity index (χ2n) is 7.53. The standard InChI is InChI=1S/C23H34ClN5O2/c1-4-20-19(22(5-2)31-28-20)15-26-23(25-6-3)27-16-21(29-10-12-30-13-11-29)17-8-7-9-18(24)14-17/h7-9,14,21H,4-6,10-13,15-16H2,1-3H3,(H2,25,26,27). The van der Waals surface area contributed by atoms with Crippen LogP contribution in [0.2, 0.25) is 5.02 Å². The van der Waals surface area contributed by atoms with Crippen LogP contribution in [-0.2, 0) is 24.1 Å². The predicted octanol–water partition coefficient (Wildman–Crippen LogP) is 3.58. The first-order valence-electron chi connectivity index (χ1n) is 11.2. The van der Waals surface area contributed by atoms with E-state index in [1.54, 1.807) is 0 Å². The number of halogens is 1. The zero-order valence-corrected chi connectivity index (χ0v) is 19.5. The Bertz CT molecular complexity index is 827. The smallest absolute Gasteiger partial charge is 0.191 e. The van der Waals surface area contributed by atoms with Gasteiger partial charge in [0, 0.05) is 43.2 Å². The Balaban J connectivity index is 1.75. The topological polar surface area (TPSA) is 74.9 Å². The highest BCUT2D eigenvalue weighted by atomic mass is 35.5. The van der Waals surface area contributed by atoms with Crippen molar-refractivity contribution in [2.24, 2.45) is 4.99 Å². The molecule has 0 aliphatic carbocycles. The van der Waals surface area contributed by atoms with E-state index < -0.39 is 0 Å². The average Bonchev–Trinajstić information content (AvgIpc) is 3.20. The molecule has 1 aliphatic rings. The minimum absolute atomic E-state index is 0.180. The minimum atomic E-state index is 0.180. The maximum atomic E-state index is 6.29. The van der Waals surface area contributed by atoms with Gasteiger partial charge < -0.3 is 19.9 Å². The lowest BCUT2D eigenvalue weighted by atomic mass is 10.0. The summed E-state index contributed by atoms with van der Waals surface area (Å²) in [7, 11) is 0. The molecule has 7 nitrogen and oxygen atoms in total. The van der Waals surface area contributed by atoms with E-state index in [4.69, 9.17) is 25.9 Å². The Morgan fingerprint density at radius 1 is 1.19 bits per heavy atom. The van der Waals surface area contributed by atoms with E-state index in [0.29, 0.717) is 6.54 Å². The minimum Gasteiger partial charge on any atom is -0.379 e. The third-order valence-corrected chi connectivity index (χ3v) is 5.76. The summed E-state index contributed by atoms with van der Waals surface area (Å²) in [6.45, 7) is 11.6. The Morgan fingerprint density at radius 2 is 2.00 bits per heavy atom. The molecule has 1 aliphatic heterocycles. The molecule has 0 spiro atoms. The van der Waals surface area contributed by atoms with Crippen molar-refractivity contribution in [1.82, 2.24) is 20.7 Å². The molecule has 0 bridgehead atoms.